The summed E-state index contributed by atoms with van der Waals surface area (Å²) in [6, 6.07) is 6.51. The SMILES string of the molecule is COCC1(COc2cc3c(N[C@H](C)c4cccc(C(F)(F)CO)c4F)nc(C)nc3cc2OC)CC1. The number of alkyl halides is 2. The van der Waals surface area contributed by atoms with Crippen molar-refractivity contribution in [1.82, 2.24) is 9.97 Å². The standard InChI is InChI=1S/C26H30F3N3O4/c1-15(17-6-5-7-19(23(17)27)26(28,29)12-33)30-24-18-10-22(36-14-25(8-9-25)13-34-3)21(35-4)11-20(18)31-16(2)32-24/h5-7,10-11,15,33H,8-9,12-14H2,1-4H3,(H,30,31,32)/t15-/m1/s1. The summed E-state index contributed by atoms with van der Waals surface area (Å²) in [5.74, 6) is -2.89. The van der Waals surface area contributed by atoms with Gasteiger partial charge in [-0.2, -0.15) is 8.78 Å². The Kier molecular flexibility index (Phi) is 7.28. The van der Waals surface area contributed by atoms with Gasteiger partial charge in [-0.05, 0) is 38.8 Å². The molecule has 10 heteroatoms. The van der Waals surface area contributed by atoms with E-state index in [1.165, 1.54) is 12.1 Å². The van der Waals surface area contributed by atoms with Gasteiger partial charge in [-0.3, -0.25) is 0 Å². The molecule has 0 saturated heterocycles. The third kappa shape index (κ3) is 5.19. The Morgan fingerprint density at radius 3 is 2.53 bits per heavy atom. The summed E-state index contributed by atoms with van der Waals surface area (Å²) in [5, 5.41) is 12.7. The second kappa shape index (κ2) is 10.1. The molecule has 2 aromatic carbocycles. The minimum atomic E-state index is -3.69. The maximum absolute atomic E-state index is 15.0. The van der Waals surface area contributed by atoms with Crippen LogP contribution in [0, 0.1) is 18.2 Å². The predicted molar refractivity (Wildman–Crippen MR) is 129 cm³/mol. The molecule has 1 aromatic heterocycles. The van der Waals surface area contributed by atoms with E-state index in [2.05, 4.69) is 15.3 Å². The zero-order valence-electron chi connectivity index (χ0n) is 20.7. The first kappa shape index (κ1) is 26.0. The van der Waals surface area contributed by atoms with E-state index >= 15 is 4.39 Å². The number of nitrogens with one attached hydrogen (secondary N) is 1. The van der Waals surface area contributed by atoms with Gasteiger partial charge in [-0.1, -0.05) is 12.1 Å². The Bertz CT molecular complexity index is 1250. The molecule has 0 bridgehead atoms. The first-order chi connectivity index (χ1) is 17.1. The highest BCUT2D eigenvalue weighted by Crippen LogP contribution is 2.47. The lowest BCUT2D eigenvalue weighted by molar-refractivity contribution is -0.0583. The summed E-state index contributed by atoms with van der Waals surface area (Å²) in [6.45, 7) is 2.95. The number of anilines is 1. The van der Waals surface area contributed by atoms with Crippen molar-refractivity contribution in [2.24, 2.45) is 5.41 Å². The first-order valence-electron chi connectivity index (χ1n) is 11.7. The molecule has 194 valence electrons. The highest BCUT2D eigenvalue weighted by molar-refractivity contribution is 5.92. The second-order valence-electron chi connectivity index (χ2n) is 9.30. The maximum Gasteiger partial charge on any atom is 0.298 e. The summed E-state index contributed by atoms with van der Waals surface area (Å²) in [5.41, 5.74) is -0.260. The zero-order valence-corrected chi connectivity index (χ0v) is 20.7. The monoisotopic (exact) mass is 505 g/mol. The van der Waals surface area contributed by atoms with Gasteiger partial charge in [0.15, 0.2) is 11.5 Å². The number of benzene rings is 2. The summed E-state index contributed by atoms with van der Waals surface area (Å²) >= 11 is 0. The lowest BCUT2D eigenvalue weighted by Crippen LogP contribution is -2.22. The van der Waals surface area contributed by atoms with Crippen molar-refractivity contribution >= 4 is 16.7 Å². The molecule has 1 heterocycles. The molecule has 0 amide bonds. The first-order valence-corrected chi connectivity index (χ1v) is 11.7. The Labute approximate surface area is 207 Å². The average molecular weight is 506 g/mol. The number of aryl methyl sites for hydroxylation is 1. The van der Waals surface area contributed by atoms with Gasteiger partial charge in [0, 0.05) is 29.5 Å². The van der Waals surface area contributed by atoms with Crippen LogP contribution in [0.25, 0.3) is 10.9 Å². The van der Waals surface area contributed by atoms with E-state index in [0.29, 0.717) is 47.3 Å². The fourth-order valence-electron chi connectivity index (χ4n) is 4.21. The summed E-state index contributed by atoms with van der Waals surface area (Å²) in [6.07, 6.45) is 2.03. The molecule has 3 aromatic rings. The summed E-state index contributed by atoms with van der Waals surface area (Å²) in [7, 11) is 3.21. The van der Waals surface area contributed by atoms with Crippen molar-refractivity contribution < 1.29 is 32.5 Å². The summed E-state index contributed by atoms with van der Waals surface area (Å²) < 4.78 is 60.1. The number of aromatic nitrogens is 2. The number of ether oxygens (including phenoxy) is 3. The lowest BCUT2D eigenvalue weighted by Gasteiger charge is -2.21. The molecule has 0 aliphatic heterocycles. The van der Waals surface area contributed by atoms with E-state index in [0.717, 1.165) is 18.9 Å². The van der Waals surface area contributed by atoms with Crippen LogP contribution in [-0.4, -0.2) is 49.1 Å². The van der Waals surface area contributed by atoms with Crippen LogP contribution < -0.4 is 14.8 Å². The fourth-order valence-corrected chi connectivity index (χ4v) is 4.21. The molecule has 0 spiro atoms. The molecule has 4 rings (SSSR count). The van der Waals surface area contributed by atoms with Crippen LogP contribution in [0.2, 0.25) is 0 Å². The van der Waals surface area contributed by atoms with Crippen LogP contribution in [0.4, 0.5) is 19.0 Å². The van der Waals surface area contributed by atoms with E-state index < -0.39 is 30.0 Å². The van der Waals surface area contributed by atoms with Gasteiger partial charge in [0.25, 0.3) is 5.92 Å². The van der Waals surface area contributed by atoms with E-state index in [1.54, 1.807) is 40.2 Å². The lowest BCUT2D eigenvalue weighted by atomic mass is 10.00. The van der Waals surface area contributed by atoms with Gasteiger partial charge in [0.1, 0.15) is 24.1 Å². The topological polar surface area (TPSA) is 85.7 Å². The van der Waals surface area contributed by atoms with E-state index in [9.17, 15) is 8.78 Å². The van der Waals surface area contributed by atoms with Crippen LogP contribution >= 0.6 is 0 Å². The third-order valence-corrected chi connectivity index (χ3v) is 6.48. The third-order valence-electron chi connectivity index (χ3n) is 6.48. The van der Waals surface area contributed by atoms with Gasteiger partial charge in [0.2, 0.25) is 0 Å². The normalized spacial score (nSPS) is 15.6. The fraction of sp³-hybridized carbons (Fsp3) is 0.462. The molecule has 1 aliphatic rings. The Morgan fingerprint density at radius 2 is 1.89 bits per heavy atom. The number of hydrogen-bond donors (Lipinski definition) is 2. The Hall–Kier alpha value is -3.11. The smallest absolute Gasteiger partial charge is 0.298 e. The van der Waals surface area contributed by atoms with Gasteiger partial charge >= 0.3 is 0 Å². The Morgan fingerprint density at radius 1 is 1.14 bits per heavy atom. The van der Waals surface area contributed by atoms with Gasteiger partial charge in [0.05, 0.1) is 37.4 Å². The number of fused-ring (bicyclic) bond motifs is 1. The zero-order chi connectivity index (χ0) is 26.1. The molecular weight excluding hydrogens is 475 g/mol. The molecular formula is C26H30F3N3O4. The number of aliphatic hydroxyl groups is 1. The number of aliphatic hydroxyl groups excluding tert-OH is 1. The molecule has 36 heavy (non-hydrogen) atoms. The van der Waals surface area contributed by atoms with Crippen LogP contribution in [0.3, 0.4) is 0 Å². The quantitative estimate of drug-likeness (QED) is 0.373. The minimum absolute atomic E-state index is 0.00668. The van der Waals surface area contributed by atoms with Gasteiger partial charge < -0.3 is 24.6 Å². The van der Waals surface area contributed by atoms with Gasteiger partial charge in [-0.15, -0.1) is 0 Å². The number of halogens is 3. The molecule has 1 aliphatic carbocycles. The highest BCUT2D eigenvalue weighted by Gasteiger charge is 2.44. The maximum atomic E-state index is 15.0. The van der Waals surface area contributed by atoms with Crippen LogP contribution in [0.15, 0.2) is 30.3 Å². The number of hydrogen-bond acceptors (Lipinski definition) is 7. The van der Waals surface area contributed by atoms with Crippen molar-refractivity contribution in [2.45, 2.75) is 38.7 Å². The van der Waals surface area contributed by atoms with Crippen molar-refractivity contribution in [1.29, 1.82) is 0 Å². The second-order valence-corrected chi connectivity index (χ2v) is 9.30. The predicted octanol–water partition coefficient (Wildman–Crippen LogP) is 5.15. The molecule has 0 radical (unpaired) electrons. The number of nitrogens with zero attached hydrogens (tertiary/aromatic N) is 2. The average Bonchev–Trinajstić information content (AvgIpc) is 3.62. The summed E-state index contributed by atoms with van der Waals surface area (Å²) in [4.78, 5) is 8.97. The highest BCUT2D eigenvalue weighted by atomic mass is 19.3. The molecule has 1 saturated carbocycles. The van der Waals surface area contributed by atoms with Crippen molar-refractivity contribution in [3.8, 4) is 11.5 Å². The molecule has 1 atom stereocenters. The van der Waals surface area contributed by atoms with Crippen molar-refractivity contribution in [2.75, 3.05) is 39.4 Å². The molecule has 2 N–H and O–H groups in total. The van der Waals surface area contributed by atoms with Gasteiger partial charge in [-0.25, -0.2) is 14.4 Å². The van der Waals surface area contributed by atoms with Crippen LogP contribution in [0.1, 0.15) is 42.8 Å². The van der Waals surface area contributed by atoms with E-state index in [4.69, 9.17) is 19.3 Å². The largest absolute Gasteiger partial charge is 0.493 e. The Balaban J connectivity index is 1.68. The van der Waals surface area contributed by atoms with Crippen LogP contribution in [-0.2, 0) is 10.7 Å². The number of methoxy groups -OCH3 is 2. The minimum Gasteiger partial charge on any atom is -0.493 e. The van der Waals surface area contributed by atoms with E-state index in [1.807, 2.05) is 0 Å². The number of rotatable bonds is 11. The molecule has 7 nitrogen and oxygen atoms in total. The van der Waals surface area contributed by atoms with Crippen molar-refractivity contribution in [3.63, 3.8) is 0 Å². The van der Waals surface area contributed by atoms with Crippen LogP contribution in [0.5, 0.6) is 11.5 Å². The molecule has 1 fully saturated rings. The van der Waals surface area contributed by atoms with Crippen molar-refractivity contribution in [3.05, 3.63) is 53.1 Å². The molecule has 0 unspecified atom stereocenters. The van der Waals surface area contributed by atoms with E-state index in [-0.39, 0.29) is 11.0 Å².